The molecule has 0 aliphatic carbocycles. The van der Waals surface area contributed by atoms with Crippen LogP contribution in [0.3, 0.4) is 0 Å². The topological polar surface area (TPSA) is 64.9 Å². The molecule has 0 fully saturated rings. The fraction of sp³-hybridized carbons (Fsp3) is 0.333. The maximum absolute atomic E-state index is 5.84. The van der Waals surface area contributed by atoms with Crippen molar-refractivity contribution in [3.8, 4) is 11.5 Å². The molecule has 0 aliphatic heterocycles. The van der Waals surface area contributed by atoms with Crippen LogP contribution in [0.2, 0.25) is 0 Å². The third-order valence-corrected chi connectivity index (χ3v) is 2.69. The smallest absolute Gasteiger partial charge is 0.260 e. The van der Waals surface area contributed by atoms with Crippen molar-refractivity contribution >= 4 is 5.69 Å². The molecule has 16 heavy (non-hydrogen) atoms. The zero-order chi connectivity index (χ0) is 11.5. The molecule has 0 saturated carbocycles. The van der Waals surface area contributed by atoms with Gasteiger partial charge in [0.25, 0.3) is 5.89 Å². The second-order valence-electron chi connectivity index (χ2n) is 3.85. The van der Waals surface area contributed by atoms with E-state index in [2.05, 4.69) is 24.0 Å². The molecule has 1 heterocycles. The highest BCUT2D eigenvalue weighted by atomic mass is 16.5. The van der Waals surface area contributed by atoms with Crippen molar-refractivity contribution in [2.24, 2.45) is 0 Å². The van der Waals surface area contributed by atoms with Crippen molar-refractivity contribution in [3.05, 3.63) is 30.1 Å². The van der Waals surface area contributed by atoms with Gasteiger partial charge in [-0.1, -0.05) is 31.1 Å². The zero-order valence-corrected chi connectivity index (χ0v) is 9.47. The molecule has 2 rings (SSSR count). The standard InChI is InChI=1S/C12H15N3O/c1-3-8(2)11-14-12(16-15-11)9-6-4-5-7-10(9)13/h4-8H,3,13H2,1-2H3. The van der Waals surface area contributed by atoms with Crippen LogP contribution in [0.4, 0.5) is 5.69 Å². The van der Waals surface area contributed by atoms with Gasteiger partial charge in [0.1, 0.15) is 0 Å². The maximum atomic E-state index is 5.84. The van der Waals surface area contributed by atoms with Crippen molar-refractivity contribution in [1.29, 1.82) is 0 Å². The van der Waals surface area contributed by atoms with Gasteiger partial charge in [0.05, 0.1) is 5.56 Å². The van der Waals surface area contributed by atoms with Crippen molar-refractivity contribution in [2.75, 3.05) is 5.73 Å². The zero-order valence-electron chi connectivity index (χ0n) is 9.47. The third-order valence-electron chi connectivity index (χ3n) is 2.69. The number of nitrogens with zero attached hydrogens (tertiary/aromatic N) is 2. The number of aromatic nitrogens is 2. The van der Waals surface area contributed by atoms with Gasteiger partial charge in [-0.2, -0.15) is 4.98 Å². The largest absolute Gasteiger partial charge is 0.398 e. The van der Waals surface area contributed by atoms with E-state index in [4.69, 9.17) is 10.3 Å². The minimum Gasteiger partial charge on any atom is -0.398 e. The summed E-state index contributed by atoms with van der Waals surface area (Å²) >= 11 is 0. The lowest BCUT2D eigenvalue weighted by atomic mass is 10.1. The molecule has 1 aromatic heterocycles. The van der Waals surface area contributed by atoms with Crippen LogP contribution in [0, 0.1) is 0 Å². The first-order chi connectivity index (χ1) is 7.72. The van der Waals surface area contributed by atoms with Crippen LogP contribution in [0.1, 0.15) is 32.0 Å². The molecule has 2 aromatic rings. The lowest BCUT2D eigenvalue weighted by Crippen LogP contribution is -1.94. The van der Waals surface area contributed by atoms with Crippen LogP contribution < -0.4 is 5.73 Å². The van der Waals surface area contributed by atoms with Gasteiger partial charge in [-0.15, -0.1) is 0 Å². The summed E-state index contributed by atoms with van der Waals surface area (Å²) in [5.41, 5.74) is 7.29. The normalized spacial score (nSPS) is 12.6. The summed E-state index contributed by atoms with van der Waals surface area (Å²) in [6.45, 7) is 4.17. The molecular weight excluding hydrogens is 202 g/mol. The van der Waals surface area contributed by atoms with E-state index in [0.29, 0.717) is 17.5 Å². The van der Waals surface area contributed by atoms with E-state index < -0.39 is 0 Å². The van der Waals surface area contributed by atoms with Gasteiger partial charge < -0.3 is 10.3 Å². The van der Waals surface area contributed by atoms with E-state index in [0.717, 1.165) is 17.8 Å². The first-order valence-corrected chi connectivity index (χ1v) is 5.40. The Labute approximate surface area is 94.5 Å². The second-order valence-corrected chi connectivity index (χ2v) is 3.85. The molecular formula is C12H15N3O. The number of nitrogens with two attached hydrogens (primary N) is 1. The predicted molar refractivity (Wildman–Crippen MR) is 62.9 cm³/mol. The number of hydrogen-bond acceptors (Lipinski definition) is 4. The summed E-state index contributed by atoms with van der Waals surface area (Å²) in [6, 6.07) is 7.48. The highest BCUT2D eigenvalue weighted by molar-refractivity contribution is 5.69. The fourth-order valence-electron chi connectivity index (χ4n) is 1.42. The van der Waals surface area contributed by atoms with Gasteiger partial charge in [0.2, 0.25) is 0 Å². The van der Waals surface area contributed by atoms with E-state index in [1.165, 1.54) is 0 Å². The molecule has 0 spiro atoms. The van der Waals surface area contributed by atoms with Crippen LogP contribution in [0.5, 0.6) is 0 Å². The summed E-state index contributed by atoms with van der Waals surface area (Å²) in [5, 5.41) is 3.96. The van der Waals surface area contributed by atoms with Crippen LogP contribution in [-0.4, -0.2) is 10.1 Å². The highest BCUT2D eigenvalue weighted by Crippen LogP contribution is 2.25. The predicted octanol–water partition coefficient (Wildman–Crippen LogP) is 2.83. The molecule has 4 nitrogen and oxygen atoms in total. The number of benzene rings is 1. The van der Waals surface area contributed by atoms with Crippen LogP contribution in [0.15, 0.2) is 28.8 Å². The van der Waals surface area contributed by atoms with Crippen molar-refractivity contribution in [3.63, 3.8) is 0 Å². The molecule has 1 unspecified atom stereocenters. The average Bonchev–Trinajstić information content (AvgIpc) is 2.78. The molecule has 2 N–H and O–H groups in total. The quantitative estimate of drug-likeness (QED) is 0.803. The van der Waals surface area contributed by atoms with Gasteiger partial charge in [0, 0.05) is 11.6 Å². The summed E-state index contributed by atoms with van der Waals surface area (Å²) in [4.78, 5) is 4.35. The van der Waals surface area contributed by atoms with Crippen LogP contribution in [0.25, 0.3) is 11.5 Å². The van der Waals surface area contributed by atoms with Crippen LogP contribution >= 0.6 is 0 Å². The average molecular weight is 217 g/mol. The third kappa shape index (κ3) is 1.91. The number of para-hydroxylation sites is 1. The molecule has 84 valence electrons. The molecule has 0 saturated heterocycles. The Hall–Kier alpha value is -1.84. The first-order valence-electron chi connectivity index (χ1n) is 5.40. The SMILES string of the molecule is CCC(C)c1noc(-c2ccccc2N)n1. The van der Waals surface area contributed by atoms with Crippen molar-refractivity contribution < 1.29 is 4.52 Å². The molecule has 0 radical (unpaired) electrons. The lowest BCUT2D eigenvalue weighted by molar-refractivity contribution is 0.416. The van der Waals surface area contributed by atoms with Crippen molar-refractivity contribution in [1.82, 2.24) is 10.1 Å². The number of hydrogen-bond donors (Lipinski definition) is 1. The number of nitrogen functional groups attached to an aromatic ring is 1. The van der Waals surface area contributed by atoms with Gasteiger partial charge in [-0.3, -0.25) is 0 Å². The van der Waals surface area contributed by atoms with Crippen LogP contribution in [-0.2, 0) is 0 Å². The summed E-state index contributed by atoms with van der Waals surface area (Å²) in [7, 11) is 0. The Bertz CT molecular complexity index is 479. The monoisotopic (exact) mass is 217 g/mol. The van der Waals surface area contributed by atoms with E-state index in [-0.39, 0.29) is 0 Å². The molecule has 4 heteroatoms. The number of anilines is 1. The Morgan fingerprint density at radius 3 is 2.81 bits per heavy atom. The summed E-state index contributed by atoms with van der Waals surface area (Å²) in [6.07, 6.45) is 0.989. The molecule has 1 atom stereocenters. The Morgan fingerprint density at radius 2 is 2.12 bits per heavy atom. The lowest BCUT2D eigenvalue weighted by Gasteiger charge is -2.00. The molecule has 1 aromatic carbocycles. The molecule has 0 bridgehead atoms. The highest BCUT2D eigenvalue weighted by Gasteiger charge is 2.14. The van der Waals surface area contributed by atoms with Gasteiger partial charge >= 0.3 is 0 Å². The molecule has 0 aliphatic rings. The summed E-state index contributed by atoms with van der Waals surface area (Å²) < 4.78 is 5.21. The Kier molecular flexibility index (Phi) is 2.90. The minimum atomic E-state index is 0.308. The van der Waals surface area contributed by atoms with Gasteiger partial charge in [-0.05, 0) is 18.6 Å². The summed E-state index contributed by atoms with van der Waals surface area (Å²) in [5.74, 6) is 1.54. The Balaban J connectivity index is 2.35. The minimum absolute atomic E-state index is 0.308. The van der Waals surface area contributed by atoms with E-state index >= 15 is 0 Å². The fourth-order valence-corrected chi connectivity index (χ4v) is 1.42. The maximum Gasteiger partial charge on any atom is 0.260 e. The van der Waals surface area contributed by atoms with Crippen molar-refractivity contribution in [2.45, 2.75) is 26.2 Å². The van der Waals surface area contributed by atoms with E-state index in [1.54, 1.807) is 0 Å². The van der Waals surface area contributed by atoms with E-state index in [9.17, 15) is 0 Å². The number of rotatable bonds is 3. The second kappa shape index (κ2) is 4.35. The molecule has 0 amide bonds. The van der Waals surface area contributed by atoms with E-state index in [1.807, 2.05) is 24.3 Å². The van der Waals surface area contributed by atoms with Gasteiger partial charge in [0.15, 0.2) is 5.82 Å². The van der Waals surface area contributed by atoms with Gasteiger partial charge in [-0.25, -0.2) is 0 Å². The first kappa shape index (κ1) is 10.7. The Morgan fingerprint density at radius 1 is 1.38 bits per heavy atom.